The molecule has 63 valence electrons. The number of benzene rings is 3. The van der Waals surface area contributed by atoms with Crippen molar-refractivity contribution in [2.24, 2.45) is 0 Å². The predicted octanol–water partition coefficient (Wildman–Crippen LogP) is 3.39. The van der Waals surface area contributed by atoms with Gasteiger partial charge in [0.05, 0.1) is 0 Å². The minimum absolute atomic E-state index is 1.08. The molecule has 0 spiro atoms. The first-order chi connectivity index (χ1) is 6.93. The smallest absolute Gasteiger partial charge is 0.00134 e. The lowest BCUT2D eigenvalue weighted by Crippen LogP contribution is -1.75. The third-order valence-electron chi connectivity index (χ3n) is 2.39. The summed E-state index contributed by atoms with van der Waals surface area (Å²) >= 11 is 0. The van der Waals surface area contributed by atoms with Gasteiger partial charge in [-0.2, -0.15) is 0 Å². The van der Waals surface area contributed by atoms with Gasteiger partial charge in [0.2, 0.25) is 0 Å². The van der Waals surface area contributed by atoms with E-state index in [1.165, 1.54) is 10.8 Å². The normalized spacial score (nSPS) is 10.9. The van der Waals surface area contributed by atoms with Crippen LogP contribution in [0.5, 0.6) is 0 Å². The molecule has 0 aliphatic rings. The first-order valence-electron chi connectivity index (χ1n) is 4.56. The first kappa shape index (κ1) is 7.57. The van der Waals surface area contributed by atoms with Crippen LogP contribution >= 0.6 is 0 Å². The molecular formula is C14H7. The van der Waals surface area contributed by atoms with Gasteiger partial charge in [0, 0.05) is 0 Å². The van der Waals surface area contributed by atoms with Crippen LogP contribution < -0.4 is 0 Å². The fourth-order valence-electron chi connectivity index (χ4n) is 1.69. The summed E-state index contributed by atoms with van der Waals surface area (Å²) in [4.78, 5) is 0. The van der Waals surface area contributed by atoms with E-state index >= 15 is 0 Å². The molecule has 0 aliphatic heterocycles. The van der Waals surface area contributed by atoms with Gasteiger partial charge in [-0.25, -0.2) is 0 Å². The number of hydrogen-bond acceptors (Lipinski definition) is 0. The Hall–Kier alpha value is -1.82. The zero-order valence-corrected chi connectivity index (χ0v) is 7.54. The van der Waals surface area contributed by atoms with Crippen LogP contribution in [0.15, 0.2) is 42.5 Å². The molecule has 0 saturated carbocycles. The zero-order valence-electron chi connectivity index (χ0n) is 7.54. The van der Waals surface area contributed by atoms with Gasteiger partial charge in [-0.1, -0.05) is 24.3 Å². The fourth-order valence-corrected chi connectivity index (χ4v) is 1.69. The maximum Gasteiger partial charge on any atom is -0.00134 e. The van der Waals surface area contributed by atoms with Gasteiger partial charge in [-0.3, -0.25) is 0 Å². The standard InChI is InChI=1S/C14H7/c1-2-6-12-10-14-8-4-3-7-13(14)9-11(12)5-1/h1-3,5-6,9-10H. The van der Waals surface area contributed by atoms with Gasteiger partial charge < -0.3 is 0 Å². The molecule has 0 bridgehead atoms. The highest BCUT2D eigenvalue weighted by Gasteiger charge is 1.96. The summed E-state index contributed by atoms with van der Waals surface area (Å²) in [5.41, 5.74) is 0. The molecule has 3 radical (unpaired) electrons. The molecular weight excluding hydrogens is 168 g/mol. The average Bonchev–Trinajstić information content (AvgIpc) is 2.26. The van der Waals surface area contributed by atoms with Gasteiger partial charge in [-0.05, 0) is 57.9 Å². The van der Waals surface area contributed by atoms with Gasteiger partial charge in [0.15, 0.2) is 0 Å². The van der Waals surface area contributed by atoms with Crippen molar-refractivity contribution >= 4 is 21.5 Å². The van der Waals surface area contributed by atoms with Crippen LogP contribution in [0.3, 0.4) is 0 Å². The molecule has 0 aliphatic carbocycles. The van der Waals surface area contributed by atoms with E-state index in [1.807, 2.05) is 12.1 Å². The summed E-state index contributed by atoms with van der Waals surface area (Å²) in [7, 11) is 0. The van der Waals surface area contributed by atoms with Crippen molar-refractivity contribution in [1.29, 1.82) is 0 Å². The highest BCUT2D eigenvalue weighted by molar-refractivity contribution is 5.97. The molecule has 3 rings (SSSR count). The van der Waals surface area contributed by atoms with E-state index in [0.717, 1.165) is 10.8 Å². The lowest BCUT2D eigenvalue weighted by Gasteiger charge is -2.00. The summed E-state index contributed by atoms with van der Waals surface area (Å²) in [5.74, 6) is 0. The fraction of sp³-hybridized carbons (Fsp3) is 0. The van der Waals surface area contributed by atoms with Crippen molar-refractivity contribution in [3.05, 3.63) is 60.7 Å². The van der Waals surface area contributed by atoms with E-state index in [4.69, 9.17) is 0 Å². The Balaban J connectivity index is 2.52. The molecule has 3 aromatic carbocycles. The minimum atomic E-state index is 1.08. The molecule has 0 atom stereocenters. The first-order valence-corrected chi connectivity index (χ1v) is 4.56. The predicted molar refractivity (Wildman–Crippen MR) is 58.0 cm³/mol. The summed E-state index contributed by atoms with van der Waals surface area (Å²) in [6.45, 7) is 0. The Bertz CT molecular complexity index is 489. The van der Waals surface area contributed by atoms with Crippen LogP contribution in [0.2, 0.25) is 0 Å². The third-order valence-corrected chi connectivity index (χ3v) is 2.39. The monoisotopic (exact) mass is 175 g/mol. The van der Waals surface area contributed by atoms with E-state index in [1.54, 1.807) is 6.07 Å². The molecule has 0 fully saturated rings. The highest BCUT2D eigenvalue weighted by Crippen LogP contribution is 2.21. The lowest BCUT2D eigenvalue weighted by molar-refractivity contribution is 1.73. The average molecular weight is 175 g/mol. The second-order valence-electron chi connectivity index (χ2n) is 3.30. The third kappa shape index (κ3) is 1.08. The molecule has 0 amide bonds. The SMILES string of the molecule is [c]1[c]c2cc3ccccc3cc2[c]c1. The minimum Gasteiger partial charge on any atom is -0.0616 e. The van der Waals surface area contributed by atoms with Crippen molar-refractivity contribution in [3.8, 4) is 0 Å². The van der Waals surface area contributed by atoms with E-state index in [2.05, 4.69) is 42.5 Å². The Labute approximate surface area is 82.8 Å². The number of fused-ring (bicyclic) bond motifs is 2. The Morgan fingerprint density at radius 3 is 2.36 bits per heavy atom. The summed E-state index contributed by atoms with van der Waals surface area (Å²) in [6.07, 6.45) is 0. The van der Waals surface area contributed by atoms with E-state index in [0.29, 0.717) is 0 Å². The number of hydrogen-bond donors (Lipinski definition) is 0. The van der Waals surface area contributed by atoms with E-state index < -0.39 is 0 Å². The van der Waals surface area contributed by atoms with Crippen LogP contribution in [0, 0.1) is 18.2 Å². The quantitative estimate of drug-likeness (QED) is 0.459. The zero-order chi connectivity index (χ0) is 9.38. The largest absolute Gasteiger partial charge is 0.0616 e. The van der Waals surface area contributed by atoms with Gasteiger partial charge in [0.1, 0.15) is 0 Å². The van der Waals surface area contributed by atoms with Crippen molar-refractivity contribution < 1.29 is 0 Å². The topological polar surface area (TPSA) is 0 Å². The maximum absolute atomic E-state index is 3.16. The summed E-state index contributed by atoms with van der Waals surface area (Å²) < 4.78 is 0. The van der Waals surface area contributed by atoms with Crippen molar-refractivity contribution in [2.45, 2.75) is 0 Å². The van der Waals surface area contributed by atoms with Gasteiger partial charge >= 0.3 is 0 Å². The second kappa shape index (κ2) is 2.85. The van der Waals surface area contributed by atoms with Crippen LogP contribution in [0.4, 0.5) is 0 Å². The Morgan fingerprint density at radius 2 is 1.57 bits per heavy atom. The molecule has 0 heteroatoms. The summed E-state index contributed by atoms with van der Waals surface area (Å²) in [5, 5.41) is 4.66. The molecule has 0 nitrogen and oxygen atoms in total. The van der Waals surface area contributed by atoms with E-state index in [-0.39, 0.29) is 0 Å². The maximum atomic E-state index is 3.16. The molecule has 14 heavy (non-hydrogen) atoms. The van der Waals surface area contributed by atoms with Crippen LogP contribution in [-0.2, 0) is 0 Å². The molecule has 0 heterocycles. The summed E-state index contributed by atoms with van der Waals surface area (Å²) in [6, 6.07) is 23.5. The van der Waals surface area contributed by atoms with Crippen LogP contribution in [-0.4, -0.2) is 0 Å². The molecule has 0 saturated heterocycles. The van der Waals surface area contributed by atoms with Crippen LogP contribution in [0.25, 0.3) is 21.5 Å². The van der Waals surface area contributed by atoms with Crippen molar-refractivity contribution in [3.63, 3.8) is 0 Å². The Morgan fingerprint density at radius 1 is 0.857 bits per heavy atom. The van der Waals surface area contributed by atoms with Crippen molar-refractivity contribution in [1.82, 2.24) is 0 Å². The van der Waals surface area contributed by atoms with Crippen LogP contribution in [0.1, 0.15) is 0 Å². The molecule has 0 aromatic heterocycles. The molecule has 0 unspecified atom stereocenters. The number of rotatable bonds is 0. The Kier molecular flexibility index (Phi) is 1.54. The molecule has 3 aromatic rings. The highest BCUT2D eigenvalue weighted by atomic mass is 14.0. The second-order valence-corrected chi connectivity index (χ2v) is 3.30. The van der Waals surface area contributed by atoms with Gasteiger partial charge in [0.25, 0.3) is 0 Å². The molecule has 0 N–H and O–H groups in total. The van der Waals surface area contributed by atoms with E-state index in [9.17, 15) is 0 Å². The van der Waals surface area contributed by atoms with Gasteiger partial charge in [-0.15, -0.1) is 0 Å². The lowest BCUT2D eigenvalue weighted by atomic mass is 10.0. The van der Waals surface area contributed by atoms with Crippen molar-refractivity contribution in [2.75, 3.05) is 0 Å².